The first-order valence-electron chi connectivity index (χ1n) is 8.06. The highest BCUT2D eigenvalue weighted by atomic mass is 32.1. The molecule has 3 aromatic heterocycles. The summed E-state index contributed by atoms with van der Waals surface area (Å²) in [5.74, 6) is -0.579. The van der Waals surface area contributed by atoms with Crippen molar-refractivity contribution in [2.75, 3.05) is 5.32 Å². The largest absolute Gasteiger partial charge is 0.456 e. The molecule has 7 nitrogen and oxygen atoms in total. The fourth-order valence-corrected chi connectivity index (χ4v) is 2.94. The van der Waals surface area contributed by atoms with Gasteiger partial charge in [-0.3, -0.25) is 9.78 Å². The maximum atomic E-state index is 12.5. The molecule has 0 bridgehead atoms. The highest BCUT2D eigenvalue weighted by Gasteiger charge is 2.16. The van der Waals surface area contributed by atoms with E-state index >= 15 is 0 Å². The molecule has 0 aliphatic heterocycles. The third-order valence-corrected chi connectivity index (χ3v) is 4.47. The van der Waals surface area contributed by atoms with Gasteiger partial charge >= 0.3 is 5.97 Å². The van der Waals surface area contributed by atoms with Crippen LogP contribution in [-0.4, -0.2) is 20.7 Å². The third-order valence-electron chi connectivity index (χ3n) is 3.74. The number of anilines is 2. The lowest BCUT2D eigenvalue weighted by molar-refractivity contribution is 0.0463. The molecule has 3 heterocycles. The van der Waals surface area contributed by atoms with Crippen molar-refractivity contribution in [2.45, 2.75) is 27.0 Å². The van der Waals surface area contributed by atoms with E-state index in [9.17, 15) is 9.59 Å². The molecule has 0 aromatic carbocycles. The molecule has 0 aliphatic carbocycles. The number of pyridine rings is 1. The number of carbonyl (C=O) groups is 1. The summed E-state index contributed by atoms with van der Waals surface area (Å²) in [6.07, 6.45) is 3.30. The van der Waals surface area contributed by atoms with Gasteiger partial charge in [0.15, 0.2) is 5.69 Å². The summed E-state index contributed by atoms with van der Waals surface area (Å²) in [7, 11) is 0. The molecule has 0 radical (unpaired) electrons. The lowest BCUT2D eigenvalue weighted by atomic mass is 10.2. The van der Waals surface area contributed by atoms with Gasteiger partial charge in [-0.05, 0) is 42.3 Å². The Kier molecular flexibility index (Phi) is 5.43. The van der Waals surface area contributed by atoms with Crippen molar-refractivity contribution in [3.63, 3.8) is 0 Å². The van der Waals surface area contributed by atoms with Gasteiger partial charge in [-0.15, -0.1) is 0 Å². The van der Waals surface area contributed by atoms with Gasteiger partial charge in [0.05, 0.1) is 11.9 Å². The average molecular weight is 370 g/mol. The predicted octanol–water partition coefficient (Wildman–Crippen LogP) is 3.13. The first kappa shape index (κ1) is 17.8. The minimum Gasteiger partial charge on any atom is -0.456 e. The van der Waals surface area contributed by atoms with E-state index < -0.39 is 5.97 Å². The van der Waals surface area contributed by atoms with Crippen molar-refractivity contribution in [2.24, 2.45) is 0 Å². The fraction of sp³-hybridized carbons (Fsp3) is 0.222. The number of nitrogens with zero attached hydrogens (tertiary/aromatic N) is 3. The van der Waals surface area contributed by atoms with Gasteiger partial charge in [0.2, 0.25) is 0 Å². The molecule has 3 aromatic rings. The van der Waals surface area contributed by atoms with Crippen LogP contribution in [0.25, 0.3) is 0 Å². The minimum atomic E-state index is -0.579. The summed E-state index contributed by atoms with van der Waals surface area (Å²) < 4.78 is 6.52. The normalized spacial score (nSPS) is 10.5. The van der Waals surface area contributed by atoms with Crippen LogP contribution in [0.5, 0.6) is 0 Å². The van der Waals surface area contributed by atoms with E-state index in [2.05, 4.69) is 15.4 Å². The van der Waals surface area contributed by atoms with Crippen molar-refractivity contribution >= 4 is 28.7 Å². The first-order valence-corrected chi connectivity index (χ1v) is 9.00. The van der Waals surface area contributed by atoms with Crippen LogP contribution in [0.3, 0.4) is 0 Å². The van der Waals surface area contributed by atoms with E-state index in [1.165, 1.54) is 22.1 Å². The van der Waals surface area contributed by atoms with Gasteiger partial charge in [0.25, 0.3) is 5.56 Å². The first-order chi connectivity index (χ1) is 12.6. The molecule has 0 fully saturated rings. The van der Waals surface area contributed by atoms with E-state index in [1.54, 1.807) is 19.3 Å². The van der Waals surface area contributed by atoms with Crippen molar-refractivity contribution in [3.05, 3.63) is 68.5 Å². The van der Waals surface area contributed by atoms with Crippen LogP contribution in [0.4, 0.5) is 11.4 Å². The van der Waals surface area contributed by atoms with E-state index in [-0.39, 0.29) is 23.5 Å². The molecule has 1 N–H and O–H groups in total. The number of hydrogen-bond acceptors (Lipinski definition) is 7. The smallest absolute Gasteiger partial charge is 0.359 e. The van der Waals surface area contributed by atoms with E-state index in [1.807, 2.05) is 29.8 Å². The van der Waals surface area contributed by atoms with Crippen LogP contribution in [0.1, 0.15) is 28.5 Å². The Labute approximate surface area is 154 Å². The van der Waals surface area contributed by atoms with Crippen molar-refractivity contribution < 1.29 is 9.53 Å². The van der Waals surface area contributed by atoms with Gasteiger partial charge in [-0.2, -0.15) is 16.4 Å². The molecular weight excluding hydrogens is 352 g/mol. The van der Waals surface area contributed by atoms with Gasteiger partial charge in [0, 0.05) is 24.4 Å². The fourth-order valence-electron chi connectivity index (χ4n) is 2.28. The number of carbonyl (C=O) groups excluding carboxylic acids is 1. The van der Waals surface area contributed by atoms with Crippen LogP contribution in [-0.2, 0) is 17.9 Å². The Morgan fingerprint density at radius 3 is 2.88 bits per heavy atom. The van der Waals surface area contributed by atoms with Crippen LogP contribution >= 0.6 is 11.3 Å². The van der Waals surface area contributed by atoms with Crippen LogP contribution in [0.15, 0.2) is 46.1 Å². The topological polar surface area (TPSA) is 86.1 Å². The van der Waals surface area contributed by atoms with Gasteiger partial charge in [0.1, 0.15) is 12.3 Å². The molecule has 0 amide bonds. The highest BCUT2D eigenvalue weighted by molar-refractivity contribution is 7.07. The molecule has 3 rings (SSSR count). The number of hydrogen-bond donors (Lipinski definition) is 1. The Hall–Kier alpha value is -3.00. The zero-order chi connectivity index (χ0) is 18.5. The third kappa shape index (κ3) is 3.97. The quantitative estimate of drug-likeness (QED) is 0.671. The maximum Gasteiger partial charge on any atom is 0.359 e. The SMILES string of the molecule is CCn1nc(C(=O)OCc2ccsc2)cc(Nc2cnccc2C)c1=O. The second-order valence-corrected chi connectivity index (χ2v) is 6.37. The van der Waals surface area contributed by atoms with Crippen LogP contribution in [0.2, 0.25) is 0 Å². The molecule has 8 heteroatoms. The Morgan fingerprint density at radius 2 is 2.19 bits per heavy atom. The number of esters is 1. The molecule has 0 saturated heterocycles. The lowest BCUT2D eigenvalue weighted by Crippen LogP contribution is -2.27. The second kappa shape index (κ2) is 7.92. The van der Waals surface area contributed by atoms with Crippen LogP contribution < -0.4 is 10.9 Å². The summed E-state index contributed by atoms with van der Waals surface area (Å²) >= 11 is 1.53. The zero-order valence-electron chi connectivity index (χ0n) is 14.4. The molecule has 0 unspecified atom stereocenters. The number of aromatic nitrogens is 3. The van der Waals surface area contributed by atoms with E-state index in [4.69, 9.17) is 4.74 Å². The van der Waals surface area contributed by atoms with E-state index in [0.717, 1.165) is 11.1 Å². The molecule has 134 valence electrons. The molecule has 0 atom stereocenters. The maximum absolute atomic E-state index is 12.5. The Balaban J connectivity index is 1.87. The molecule has 0 aliphatic rings. The minimum absolute atomic E-state index is 0.0747. The summed E-state index contributed by atoms with van der Waals surface area (Å²) in [6.45, 7) is 4.19. The van der Waals surface area contributed by atoms with Gasteiger partial charge in [-0.25, -0.2) is 9.48 Å². The Morgan fingerprint density at radius 1 is 1.35 bits per heavy atom. The zero-order valence-corrected chi connectivity index (χ0v) is 15.2. The monoisotopic (exact) mass is 370 g/mol. The standard InChI is InChI=1S/C18H18N4O3S/c1-3-22-17(23)14(20-16-9-19-6-4-12(16)2)8-15(21-22)18(24)25-10-13-5-7-26-11-13/h4-9,11,20H,3,10H2,1-2H3. The molecular formula is C18H18N4O3S. The summed E-state index contributed by atoms with van der Waals surface area (Å²) in [5.41, 5.74) is 2.55. The van der Waals surface area contributed by atoms with Gasteiger partial charge < -0.3 is 10.1 Å². The van der Waals surface area contributed by atoms with Crippen molar-refractivity contribution in [1.29, 1.82) is 0 Å². The number of aryl methyl sites for hydroxylation is 2. The van der Waals surface area contributed by atoms with Crippen molar-refractivity contribution in [1.82, 2.24) is 14.8 Å². The summed E-state index contributed by atoms with van der Waals surface area (Å²) in [6, 6.07) is 5.13. The highest BCUT2D eigenvalue weighted by Crippen LogP contribution is 2.17. The molecule has 0 saturated carbocycles. The number of thiophene rings is 1. The van der Waals surface area contributed by atoms with Gasteiger partial charge in [-0.1, -0.05) is 0 Å². The lowest BCUT2D eigenvalue weighted by Gasteiger charge is -2.12. The number of ether oxygens (including phenoxy) is 1. The van der Waals surface area contributed by atoms with Crippen LogP contribution in [0, 0.1) is 6.92 Å². The average Bonchev–Trinajstić information content (AvgIpc) is 3.16. The summed E-state index contributed by atoms with van der Waals surface area (Å²) in [5, 5.41) is 11.0. The summed E-state index contributed by atoms with van der Waals surface area (Å²) in [4.78, 5) is 28.9. The number of nitrogens with one attached hydrogen (secondary N) is 1. The predicted molar refractivity (Wildman–Crippen MR) is 99.9 cm³/mol. The van der Waals surface area contributed by atoms with Crippen molar-refractivity contribution in [3.8, 4) is 0 Å². The second-order valence-electron chi connectivity index (χ2n) is 5.59. The Bertz CT molecular complexity index is 967. The molecule has 26 heavy (non-hydrogen) atoms. The number of rotatable bonds is 6. The van der Waals surface area contributed by atoms with E-state index in [0.29, 0.717) is 12.2 Å². The molecule has 0 spiro atoms.